The lowest BCUT2D eigenvalue weighted by Gasteiger charge is -2.27. The van der Waals surface area contributed by atoms with Crippen LogP contribution in [-0.2, 0) is 19.4 Å². The van der Waals surface area contributed by atoms with Gasteiger partial charge in [0.2, 0.25) is 0 Å². The lowest BCUT2D eigenvalue weighted by molar-refractivity contribution is 0.0694. The Balaban J connectivity index is 0.000000523. The number of ether oxygens (including phenoxy) is 1. The van der Waals surface area contributed by atoms with Crippen LogP contribution in [0.4, 0.5) is 0 Å². The SMILES string of the molecule is CC(C)(C)C.CCc1c2c(cc(-c3cnsc3)c1OC)-c1cc(=O)c(C(=O)O)cn1CC2. The van der Waals surface area contributed by atoms with Crippen molar-refractivity contribution in [1.82, 2.24) is 8.94 Å². The first-order valence-electron chi connectivity index (χ1n) is 10.7. The smallest absolute Gasteiger partial charge is 0.341 e. The second-order valence-electron chi connectivity index (χ2n) is 9.41. The van der Waals surface area contributed by atoms with Crippen molar-refractivity contribution < 1.29 is 14.6 Å². The predicted molar refractivity (Wildman–Crippen MR) is 129 cm³/mol. The van der Waals surface area contributed by atoms with E-state index < -0.39 is 11.4 Å². The van der Waals surface area contributed by atoms with Crippen molar-refractivity contribution in [3.63, 3.8) is 0 Å². The van der Waals surface area contributed by atoms with Crippen molar-refractivity contribution >= 4 is 17.5 Å². The van der Waals surface area contributed by atoms with Crippen molar-refractivity contribution in [2.75, 3.05) is 7.11 Å². The summed E-state index contributed by atoms with van der Waals surface area (Å²) in [4.78, 5) is 23.6. The molecule has 6 nitrogen and oxygen atoms in total. The Morgan fingerprint density at radius 3 is 2.47 bits per heavy atom. The minimum Gasteiger partial charge on any atom is -0.496 e. The average Bonchev–Trinajstić information content (AvgIpc) is 3.24. The topological polar surface area (TPSA) is 81.4 Å². The van der Waals surface area contributed by atoms with Gasteiger partial charge in [-0.25, -0.2) is 9.17 Å². The van der Waals surface area contributed by atoms with E-state index in [4.69, 9.17) is 4.74 Å². The Kier molecular flexibility index (Phi) is 6.88. The number of methoxy groups -OCH3 is 1. The van der Waals surface area contributed by atoms with E-state index in [1.807, 2.05) is 16.0 Å². The Bertz CT molecular complexity index is 1180. The number of rotatable bonds is 4. The van der Waals surface area contributed by atoms with Crippen molar-refractivity contribution in [3.05, 3.63) is 56.8 Å². The minimum atomic E-state index is -1.20. The van der Waals surface area contributed by atoms with Crippen molar-refractivity contribution in [2.24, 2.45) is 5.41 Å². The molecule has 1 aromatic carbocycles. The first kappa shape index (κ1) is 23.7. The monoisotopic (exact) mass is 454 g/mol. The maximum atomic E-state index is 12.3. The summed E-state index contributed by atoms with van der Waals surface area (Å²) in [6.07, 6.45) is 4.81. The lowest BCUT2D eigenvalue weighted by Crippen LogP contribution is -2.22. The molecule has 7 heteroatoms. The van der Waals surface area contributed by atoms with Gasteiger partial charge in [0.15, 0.2) is 5.43 Å². The normalized spacial score (nSPS) is 12.3. The minimum absolute atomic E-state index is 0.200. The molecule has 1 aliphatic heterocycles. The molecule has 0 amide bonds. The van der Waals surface area contributed by atoms with Gasteiger partial charge in [-0.15, -0.1) is 0 Å². The number of carboxylic acids is 1. The van der Waals surface area contributed by atoms with Crippen molar-refractivity contribution in [3.8, 4) is 28.1 Å². The Morgan fingerprint density at radius 1 is 1.25 bits per heavy atom. The van der Waals surface area contributed by atoms with Crippen LogP contribution in [0.3, 0.4) is 0 Å². The van der Waals surface area contributed by atoms with Gasteiger partial charge in [0, 0.05) is 47.1 Å². The Morgan fingerprint density at radius 2 is 1.94 bits per heavy atom. The second-order valence-corrected chi connectivity index (χ2v) is 10.1. The fourth-order valence-electron chi connectivity index (χ4n) is 3.82. The zero-order valence-corrected chi connectivity index (χ0v) is 20.3. The zero-order valence-electron chi connectivity index (χ0n) is 19.5. The highest BCUT2D eigenvalue weighted by atomic mass is 32.1. The first-order chi connectivity index (χ1) is 15.0. The molecule has 0 saturated heterocycles. The summed E-state index contributed by atoms with van der Waals surface area (Å²) in [6, 6.07) is 3.46. The summed E-state index contributed by atoms with van der Waals surface area (Å²) in [5.74, 6) is -0.357. The van der Waals surface area contributed by atoms with E-state index in [-0.39, 0.29) is 5.56 Å². The van der Waals surface area contributed by atoms with Crippen LogP contribution in [0.15, 0.2) is 34.7 Å². The Hall–Kier alpha value is -2.93. The van der Waals surface area contributed by atoms with Gasteiger partial charge < -0.3 is 14.4 Å². The number of aryl methyl sites for hydroxylation is 1. The summed E-state index contributed by atoms with van der Waals surface area (Å²) in [5.41, 5.74) is 5.70. The number of pyridine rings is 1. The van der Waals surface area contributed by atoms with E-state index in [0.717, 1.165) is 52.1 Å². The van der Waals surface area contributed by atoms with Crippen LogP contribution in [0.2, 0.25) is 0 Å². The highest BCUT2D eigenvalue weighted by Crippen LogP contribution is 2.43. The van der Waals surface area contributed by atoms with Crippen LogP contribution >= 0.6 is 11.5 Å². The molecule has 0 unspecified atom stereocenters. The molecule has 3 aromatic rings. The van der Waals surface area contributed by atoms with Crippen LogP contribution in [0.5, 0.6) is 5.75 Å². The quantitative estimate of drug-likeness (QED) is 0.562. The summed E-state index contributed by atoms with van der Waals surface area (Å²) in [7, 11) is 1.67. The van der Waals surface area contributed by atoms with E-state index in [2.05, 4.69) is 39.0 Å². The second kappa shape index (κ2) is 9.28. The third kappa shape index (κ3) is 4.93. The van der Waals surface area contributed by atoms with Crippen molar-refractivity contribution in [1.29, 1.82) is 0 Å². The maximum Gasteiger partial charge on any atom is 0.341 e. The molecular weight excluding hydrogens is 424 g/mol. The first-order valence-corrected chi connectivity index (χ1v) is 11.5. The van der Waals surface area contributed by atoms with Gasteiger partial charge in [0.05, 0.1) is 12.8 Å². The van der Waals surface area contributed by atoms with Gasteiger partial charge in [0.1, 0.15) is 11.3 Å². The third-order valence-corrected chi connectivity index (χ3v) is 5.62. The number of carboxylic acid groups (broad SMARTS) is 1. The third-order valence-electron chi connectivity index (χ3n) is 5.03. The van der Waals surface area contributed by atoms with Crippen LogP contribution in [0.1, 0.15) is 56.1 Å². The molecule has 3 heterocycles. The fourth-order valence-corrected chi connectivity index (χ4v) is 4.35. The zero-order chi connectivity index (χ0) is 23.6. The highest BCUT2D eigenvalue weighted by Gasteiger charge is 2.25. The molecule has 1 aliphatic rings. The molecule has 1 N–H and O–H groups in total. The molecule has 2 aromatic heterocycles. The highest BCUT2D eigenvalue weighted by molar-refractivity contribution is 7.03. The molecular formula is C25H30N2O4S. The number of hydrogen-bond donors (Lipinski definition) is 1. The van der Waals surface area contributed by atoms with Gasteiger partial charge in [-0.05, 0) is 47.0 Å². The van der Waals surface area contributed by atoms with Crippen LogP contribution in [0, 0.1) is 5.41 Å². The molecule has 0 bridgehead atoms. The number of aromatic carboxylic acids is 1. The molecule has 0 spiro atoms. The Labute approximate surface area is 192 Å². The standard InChI is InChI=1S/C20H18N2O4S.C5H12/c1-3-12-13-4-5-22-9-16(20(24)25)18(23)7-17(22)15(13)6-14(19(12)26-2)11-8-21-27-10-11;1-5(2,3)4/h6-10H,3-5H2,1-2H3,(H,24,25);1-4H3. The average molecular weight is 455 g/mol. The number of fused-ring (bicyclic) bond motifs is 3. The number of hydrogen-bond acceptors (Lipinski definition) is 5. The van der Waals surface area contributed by atoms with Gasteiger partial charge in [-0.3, -0.25) is 4.79 Å². The van der Waals surface area contributed by atoms with Crippen LogP contribution in [0.25, 0.3) is 22.4 Å². The van der Waals surface area contributed by atoms with Crippen LogP contribution in [-0.4, -0.2) is 27.1 Å². The van der Waals surface area contributed by atoms with E-state index in [0.29, 0.717) is 12.0 Å². The van der Waals surface area contributed by atoms with Crippen molar-refractivity contribution in [2.45, 2.75) is 54.0 Å². The molecule has 0 aliphatic carbocycles. The number of benzene rings is 1. The van der Waals surface area contributed by atoms with E-state index in [1.165, 1.54) is 23.8 Å². The van der Waals surface area contributed by atoms with Gasteiger partial charge in [-0.1, -0.05) is 34.6 Å². The summed E-state index contributed by atoms with van der Waals surface area (Å²) < 4.78 is 11.8. The summed E-state index contributed by atoms with van der Waals surface area (Å²) in [5, 5.41) is 11.2. The molecule has 170 valence electrons. The van der Waals surface area contributed by atoms with Gasteiger partial charge in [-0.2, -0.15) is 0 Å². The largest absolute Gasteiger partial charge is 0.496 e. The number of aromatic nitrogens is 2. The number of carbonyl (C=O) groups is 1. The molecule has 0 fully saturated rings. The van der Waals surface area contributed by atoms with Gasteiger partial charge in [0.25, 0.3) is 0 Å². The molecule has 0 atom stereocenters. The molecule has 32 heavy (non-hydrogen) atoms. The lowest BCUT2D eigenvalue weighted by atomic mass is 9.87. The molecule has 4 rings (SSSR count). The van der Waals surface area contributed by atoms with Crippen LogP contribution < -0.4 is 10.2 Å². The number of nitrogens with zero attached hydrogens (tertiary/aromatic N) is 2. The van der Waals surface area contributed by atoms with E-state index in [1.54, 1.807) is 13.3 Å². The summed E-state index contributed by atoms with van der Waals surface area (Å²) in [6.45, 7) is 11.5. The van der Waals surface area contributed by atoms with E-state index in [9.17, 15) is 14.7 Å². The van der Waals surface area contributed by atoms with E-state index >= 15 is 0 Å². The fraction of sp³-hybridized carbons (Fsp3) is 0.400. The molecule has 0 radical (unpaired) electrons. The van der Waals surface area contributed by atoms with Gasteiger partial charge >= 0.3 is 5.97 Å². The summed E-state index contributed by atoms with van der Waals surface area (Å²) >= 11 is 1.37. The molecule has 0 saturated carbocycles. The predicted octanol–water partition coefficient (Wildman–Crippen LogP) is 5.52. The maximum absolute atomic E-state index is 12.3.